The van der Waals surface area contributed by atoms with Crippen molar-refractivity contribution < 1.29 is 57.8 Å². The number of carboxylic acids is 1. The summed E-state index contributed by atoms with van der Waals surface area (Å²) >= 11 is 1.21. The fourth-order valence-electron chi connectivity index (χ4n) is 9.72. The number of carbonyl (C=O) groups excluding carboxylic acids is 9. The highest BCUT2D eigenvalue weighted by Crippen LogP contribution is 2.32. The fourth-order valence-corrected chi connectivity index (χ4v) is 10.6. The van der Waals surface area contributed by atoms with Gasteiger partial charge in [-0.15, -0.1) is 11.3 Å². The summed E-state index contributed by atoms with van der Waals surface area (Å²) in [5.74, 6) is -6.67. The number of nitrogens with zero attached hydrogens (tertiary/aromatic N) is 4. The number of piperidine rings is 1. The lowest BCUT2D eigenvalue weighted by Crippen LogP contribution is -2.48. The molecule has 1 aromatic heterocycles. The third-order valence-corrected chi connectivity index (χ3v) is 15.4. The van der Waals surface area contributed by atoms with E-state index in [-0.39, 0.29) is 99.3 Å². The van der Waals surface area contributed by atoms with Crippen LogP contribution >= 0.6 is 11.3 Å². The van der Waals surface area contributed by atoms with Gasteiger partial charge in [-0.3, -0.25) is 57.7 Å². The number of imide groups is 1. The number of hydrogen-bond donors (Lipinski definition) is 4. The van der Waals surface area contributed by atoms with Gasteiger partial charge in [0.05, 0.1) is 24.5 Å². The molecule has 8 atom stereocenters. The van der Waals surface area contributed by atoms with Crippen LogP contribution < -0.4 is 16.0 Å². The first kappa shape index (κ1) is 61.6. The van der Waals surface area contributed by atoms with Crippen molar-refractivity contribution in [2.45, 2.75) is 155 Å². The van der Waals surface area contributed by atoms with Crippen LogP contribution in [-0.2, 0) is 54.3 Å². The Balaban J connectivity index is 1.43. The summed E-state index contributed by atoms with van der Waals surface area (Å²) in [5, 5.41) is 19.7. The number of benzene rings is 1. The third kappa shape index (κ3) is 18.7. The zero-order valence-corrected chi connectivity index (χ0v) is 45.8. The number of hydrogen-bond acceptors (Lipinski definition) is 14. The van der Waals surface area contributed by atoms with Crippen molar-refractivity contribution in [3.63, 3.8) is 0 Å². The summed E-state index contributed by atoms with van der Waals surface area (Å²) in [5.41, 5.74) is 0.782. The van der Waals surface area contributed by atoms with Gasteiger partial charge in [0.2, 0.25) is 17.7 Å². The minimum absolute atomic E-state index is 0.00473. The Labute approximate surface area is 445 Å². The maximum absolute atomic E-state index is 14.4. The normalized spacial score (nSPS) is 17.6. The van der Waals surface area contributed by atoms with Crippen molar-refractivity contribution in [2.24, 2.45) is 23.7 Å². The lowest BCUT2D eigenvalue weighted by Gasteiger charge is -2.37. The van der Waals surface area contributed by atoms with Crippen LogP contribution in [0.4, 0.5) is 0 Å². The van der Waals surface area contributed by atoms with E-state index in [2.05, 4.69) is 25.8 Å². The van der Waals surface area contributed by atoms with E-state index in [1.807, 2.05) is 59.9 Å². The van der Waals surface area contributed by atoms with Crippen LogP contribution in [0.15, 0.2) is 47.9 Å². The van der Waals surface area contributed by atoms with Gasteiger partial charge in [0.25, 0.3) is 17.7 Å². The maximum atomic E-state index is 14.4. The van der Waals surface area contributed by atoms with E-state index < -0.39 is 83.5 Å². The van der Waals surface area contributed by atoms with E-state index >= 15 is 0 Å². The van der Waals surface area contributed by atoms with Crippen molar-refractivity contribution in [1.29, 1.82) is 0 Å². The number of ketones is 3. The van der Waals surface area contributed by atoms with Gasteiger partial charge in [-0.05, 0) is 63.1 Å². The smallest absolute Gasteiger partial charge is 0.305 e. The second-order valence-corrected chi connectivity index (χ2v) is 21.2. The lowest BCUT2D eigenvalue weighted by molar-refractivity contribution is -0.143. The first-order valence-corrected chi connectivity index (χ1v) is 27.3. The van der Waals surface area contributed by atoms with Gasteiger partial charge in [-0.25, -0.2) is 4.98 Å². The zero-order valence-electron chi connectivity index (χ0n) is 45.0. The number of thiazole rings is 1. The molecule has 4 rings (SSSR count). The third-order valence-electron chi connectivity index (χ3n) is 14.5. The molecule has 2 aliphatic rings. The Hall–Kier alpha value is -5.99. The number of ether oxygens (including phenoxy) is 1. The average Bonchev–Trinajstić information content (AvgIpc) is 4.00. The number of aromatic nitrogens is 1. The van der Waals surface area contributed by atoms with Crippen LogP contribution in [0.1, 0.15) is 145 Å². The number of carbonyl (C=O) groups is 10. The van der Waals surface area contributed by atoms with Crippen molar-refractivity contribution in [3.8, 4) is 0 Å². The molecule has 1 aromatic carbocycles. The molecule has 2 aliphatic heterocycles. The molecule has 0 bridgehead atoms. The number of aliphatic carboxylic acids is 1. The number of Topliss-reactive ketones (excluding diaryl/α,β-unsaturated/α-hetero) is 3. The summed E-state index contributed by atoms with van der Waals surface area (Å²) in [6.07, 6.45) is 5.24. The van der Waals surface area contributed by atoms with Crippen molar-refractivity contribution >= 4 is 70.1 Å². The number of likely N-dealkylation sites (N-methyl/N-ethyl adjacent to an activating group) is 1. The second-order valence-electron chi connectivity index (χ2n) is 20.3. The predicted molar refractivity (Wildman–Crippen MR) is 282 cm³/mol. The van der Waals surface area contributed by atoms with Crippen LogP contribution in [0, 0.1) is 23.7 Å². The number of amides is 6. The zero-order chi connectivity index (χ0) is 55.4. The molecule has 0 spiro atoms. The number of likely N-dealkylation sites (tertiary alicyclic amines) is 1. The van der Waals surface area contributed by atoms with Crippen LogP contribution in [0.25, 0.3) is 0 Å². The Bertz CT molecular complexity index is 2320. The van der Waals surface area contributed by atoms with Gasteiger partial charge in [-0.1, -0.05) is 84.2 Å². The molecule has 4 N–H and O–H groups in total. The molecule has 19 nitrogen and oxygen atoms in total. The Morgan fingerprint density at radius 1 is 0.907 bits per heavy atom. The van der Waals surface area contributed by atoms with Gasteiger partial charge in [-0.2, -0.15) is 0 Å². The molecule has 0 radical (unpaired) electrons. The summed E-state index contributed by atoms with van der Waals surface area (Å²) in [6.45, 7) is 10.7. The van der Waals surface area contributed by atoms with E-state index in [4.69, 9.17) is 4.74 Å². The van der Waals surface area contributed by atoms with Gasteiger partial charge in [0.15, 0.2) is 17.3 Å². The standard InChI is InChI=1S/C55H79N7O12S/c1-9-17-37(52(71)57-40(31-51(69)70)44(63)21-16-25-56-48(66)24-27-62-49(67)22-23-50(62)68)29-45(64)39(28-36-18-12-11-13-19-36)58-53(72)41-33-75-54(59-41)47(74-8)32-43(34(3)4)61(7)55(73)38(35(5)10-2)30-46(65)42-20-14-15-26-60(42)6/h11-13,18-19,22-23,33-35,37-40,42-43,47H,9-10,14-17,20-21,24-32H2,1-8H3,(H,56,66)(H,57,71)(H,58,72)(H,69,70)/t35-,37+,38-,39-,40-,42+,43+,47+/m0/s1. The van der Waals surface area contributed by atoms with Gasteiger partial charge < -0.3 is 30.7 Å². The molecule has 0 aliphatic carbocycles. The molecule has 412 valence electrons. The molecule has 6 amide bonds. The number of methoxy groups -OCH3 is 1. The number of carboxylic acid groups (broad SMARTS) is 1. The summed E-state index contributed by atoms with van der Waals surface area (Å²) in [6, 6.07) is 6.01. The second kappa shape index (κ2) is 30.5. The van der Waals surface area contributed by atoms with Crippen LogP contribution in [-0.4, -0.2) is 149 Å². The highest BCUT2D eigenvalue weighted by atomic mass is 32.1. The SMILES string of the molecule is CCC[C@H](CC(=O)[C@H](Cc1ccccc1)NC(=O)c1csc([C@@H](C[C@H](C(C)C)N(C)C(=O)[C@@H](CC(=O)[C@H]2CCCCN2C)[C@@H](C)CC)OC)n1)C(=O)N[C@@H](CC(=O)O)C(=O)CCCNC(=O)CCN1C(=O)C=CC1=O. The van der Waals surface area contributed by atoms with E-state index in [0.29, 0.717) is 17.8 Å². The first-order valence-electron chi connectivity index (χ1n) is 26.4. The van der Waals surface area contributed by atoms with Crippen molar-refractivity contribution in [2.75, 3.05) is 40.8 Å². The molecule has 20 heteroatoms. The quantitative estimate of drug-likeness (QED) is 0.0525. The maximum Gasteiger partial charge on any atom is 0.305 e. The highest BCUT2D eigenvalue weighted by Gasteiger charge is 2.38. The van der Waals surface area contributed by atoms with Gasteiger partial charge in [0.1, 0.15) is 16.8 Å². The fraction of sp³-hybridized carbons (Fsp3) is 0.618. The molecule has 75 heavy (non-hydrogen) atoms. The van der Waals surface area contributed by atoms with Gasteiger partial charge in [0, 0.05) is 94.8 Å². The van der Waals surface area contributed by atoms with Crippen LogP contribution in [0.3, 0.4) is 0 Å². The highest BCUT2D eigenvalue weighted by molar-refractivity contribution is 7.09. The monoisotopic (exact) mass is 1060 g/mol. The first-order chi connectivity index (χ1) is 35.7. The van der Waals surface area contributed by atoms with Crippen LogP contribution in [0.5, 0.6) is 0 Å². The summed E-state index contributed by atoms with van der Waals surface area (Å²) in [7, 11) is 5.29. The Kier molecular flexibility index (Phi) is 25.1. The molecule has 0 saturated carbocycles. The Morgan fingerprint density at radius 2 is 1.60 bits per heavy atom. The largest absolute Gasteiger partial charge is 0.481 e. The molecular weight excluding hydrogens is 983 g/mol. The molecule has 2 aromatic rings. The lowest BCUT2D eigenvalue weighted by atomic mass is 9.83. The Morgan fingerprint density at radius 3 is 2.21 bits per heavy atom. The van der Waals surface area contributed by atoms with Crippen molar-refractivity contribution in [3.05, 3.63) is 64.1 Å². The van der Waals surface area contributed by atoms with Crippen LogP contribution in [0.2, 0.25) is 0 Å². The number of nitrogens with one attached hydrogen (secondary N) is 3. The molecule has 1 fully saturated rings. The van der Waals surface area contributed by atoms with Gasteiger partial charge >= 0.3 is 5.97 Å². The number of rotatable bonds is 33. The van der Waals surface area contributed by atoms with E-state index in [0.717, 1.165) is 54.8 Å². The van der Waals surface area contributed by atoms with Crippen molar-refractivity contribution in [1.82, 2.24) is 35.6 Å². The summed E-state index contributed by atoms with van der Waals surface area (Å²) < 4.78 is 5.97. The molecular formula is C55H79N7O12S. The predicted octanol–water partition coefficient (Wildman–Crippen LogP) is 5.27. The van der Waals surface area contributed by atoms with E-state index in [1.165, 1.54) is 11.3 Å². The average molecular weight is 1060 g/mol. The van der Waals surface area contributed by atoms with E-state index in [1.54, 1.807) is 36.6 Å². The minimum Gasteiger partial charge on any atom is -0.481 e. The minimum atomic E-state index is -1.42. The molecule has 3 heterocycles. The van der Waals surface area contributed by atoms with E-state index in [9.17, 15) is 53.1 Å². The molecule has 1 saturated heterocycles. The topological polar surface area (TPSA) is 259 Å². The summed E-state index contributed by atoms with van der Waals surface area (Å²) in [4.78, 5) is 141. The molecule has 0 unspecified atom stereocenters.